The van der Waals surface area contributed by atoms with E-state index in [1.165, 1.54) is 0 Å². The molecule has 1 amide bonds. The van der Waals surface area contributed by atoms with Crippen molar-refractivity contribution in [3.05, 3.63) is 35.4 Å². The van der Waals surface area contributed by atoms with Crippen molar-refractivity contribution < 1.29 is 14.7 Å². The average Bonchev–Trinajstić information content (AvgIpc) is 2.83. The Bertz CT molecular complexity index is 530. The summed E-state index contributed by atoms with van der Waals surface area (Å²) in [6.45, 7) is 2.92. The van der Waals surface area contributed by atoms with Gasteiger partial charge in [0.1, 0.15) is 0 Å². The lowest BCUT2D eigenvalue weighted by atomic mass is 9.90. The first-order chi connectivity index (χ1) is 9.48. The molecule has 1 aromatic carbocycles. The number of hydrogen-bond acceptors (Lipinski definition) is 3. The first-order valence-corrected chi connectivity index (χ1v) is 6.78. The Kier molecular flexibility index (Phi) is 4.09. The van der Waals surface area contributed by atoms with Gasteiger partial charge in [0, 0.05) is 18.7 Å². The predicted octanol–water partition coefficient (Wildman–Crippen LogP) is 1.12. The fourth-order valence-corrected chi connectivity index (χ4v) is 2.58. The number of aliphatic carboxylic acids is 1. The van der Waals surface area contributed by atoms with Crippen LogP contribution in [0.15, 0.2) is 24.3 Å². The number of carbonyl (C=O) groups is 2. The van der Waals surface area contributed by atoms with Gasteiger partial charge in [-0.3, -0.25) is 9.59 Å². The van der Waals surface area contributed by atoms with Gasteiger partial charge in [0.2, 0.25) is 0 Å². The lowest BCUT2D eigenvalue weighted by Crippen LogP contribution is -2.35. The van der Waals surface area contributed by atoms with Crippen molar-refractivity contribution in [2.45, 2.75) is 19.8 Å². The van der Waals surface area contributed by atoms with Crippen molar-refractivity contribution in [3.8, 4) is 0 Å². The number of amides is 1. The topological polar surface area (TPSA) is 83.6 Å². The summed E-state index contributed by atoms with van der Waals surface area (Å²) in [6.07, 6.45) is 1.14. The molecule has 0 aromatic heterocycles. The minimum absolute atomic E-state index is 0.0981. The molecule has 0 spiro atoms. The normalized spacial score (nSPS) is 22.0. The van der Waals surface area contributed by atoms with Gasteiger partial charge in [-0.2, -0.15) is 0 Å². The van der Waals surface area contributed by atoms with Crippen LogP contribution in [0.1, 0.15) is 29.3 Å². The first-order valence-electron chi connectivity index (χ1n) is 6.78. The second-order valence-corrected chi connectivity index (χ2v) is 5.54. The molecule has 0 aliphatic carbocycles. The third-order valence-corrected chi connectivity index (χ3v) is 3.94. The SMILES string of the molecule is CC1(C(=O)O)CCN(C(=O)c2ccccc2CCN)C1. The summed E-state index contributed by atoms with van der Waals surface area (Å²) in [6, 6.07) is 7.38. The number of carbonyl (C=O) groups excluding carboxylic acids is 1. The van der Waals surface area contributed by atoms with Crippen LogP contribution in [0, 0.1) is 5.41 Å². The monoisotopic (exact) mass is 276 g/mol. The highest BCUT2D eigenvalue weighted by Crippen LogP contribution is 2.31. The molecule has 108 valence electrons. The Balaban J connectivity index is 2.19. The van der Waals surface area contributed by atoms with Crippen LogP contribution in [0.4, 0.5) is 0 Å². The van der Waals surface area contributed by atoms with Crippen molar-refractivity contribution in [3.63, 3.8) is 0 Å². The zero-order valence-electron chi connectivity index (χ0n) is 11.6. The third-order valence-electron chi connectivity index (χ3n) is 3.94. The summed E-state index contributed by atoms with van der Waals surface area (Å²) in [4.78, 5) is 25.4. The molecule has 3 N–H and O–H groups in total. The largest absolute Gasteiger partial charge is 0.481 e. The third kappa shape index (κ3) is 2.67. The second-order valence-electron chi connectivity index (χ2n) is 5.54. The Labute approximate surface area is 118 Å². The Morgan fingerprint density at radius 1 is 1.40 bits per heavy atom. The number of carboxylic acids is 1. The summed E-state index contributed by atoms with van der Waals surface area (Å²) in [5, 5.41) is 9.23. The number of hydrogen-bond donors (Lipinski definition) is 2. The number of rotatable bonds is 4. The number of nitrogens with two attached hydrogens (primary N) is 1. The van der Waals surface area contributed by atoms with Crippen LogP contribution >= 0.6 is 0 Å². The van der Waals surface area contributed by atoms with E-state index in [0.717, 1.165) is 5.56 Å². The summed E-state index contributed by atoms with van der Waals surface area (Å²) >= 11 is 0. The van der Waals surface area contributed by atoms with Crippen LogP contribution in [-0.2, 0) is 11.2 Å². The zero-order valence-corrected chi connectivity index (χ0v) is 11.6. The van der Waals surface area contributed by atoms with E-state index in [0.29, 0.717) is 31.5 Å². The maximum atomic E-state index is 12.5. The molecule has 1 atom stereocenters. The number of likely N-dealkylation sites (tertiary alicyclic amines) is 1. The molecule has 0 saturated carbocycles. The van der Waals surface area contributed by atoms with Gasteiger partial charge in [-0.25, -0.2) is 0 Å². The molecule has 20 heavy (non-hydrogen) atoms. The lowest BCUT2D eigenvalue weighted by molar-refractivity contribution is -0.147. The molecule has 1 saturated heterocycles. The fraction of sp³-hybridized carbons (Fsp3) is 0.467. The highest BCUT2D eigenvalue weighted by molar-refractivity contribution is 5.96. The molecule has 1 aromatic rings. The Hall–Kier alpha value is -1.88. The maximum absolute atomic E-state index is 12.5. The van der Waals surface area contributed by atoms with E-state index >= 15 is 0 Å². The van der Waals surface area contributed by atoms with Gasteiger partial charge in [0.25, 0.3) is 5.91 Å². The van der Waals surface area contributed by atoms with E-state index in [9.17, 15) is 14.7 Å². The van der Waals surface area contributed by atoms with Crippen LogP contribution in [0.5, 0.6) is 0 Å². The molecule has 1 aliphatic rings. The van der Waals surface area contributed by atoms with E-state index in [4.69, 9.17) is 5.73 Å². The van der Waals surface area contributed by atoms with E-state index in [1.54, 1.807) is 17.9 Å². The molecule has 1 fully saturated rings. The predicted molar refractivity (Wildman–Crippen MR) is 75.5 cm³/mol. The molecule has 5 heteroatoms. The van der Waals surface area contributed by atoms with Gasteiger partial charge in [0.05, 0.1) is 5.41 Å². The molecular formula is C15H20N2O3. The van der Waals surface area contributed by atoms with Crippen molar-refractivity contribution in [1.82, 2.24) is 4.90 Å². The van der Waals surface area contributed by atoms with Crippen LogP contribution in [0.2, 0.25) is 0 Å². The highest BCUT2D eigenvalue weighted by atomic mass is 16.4. The van der Waals surface area contributed by atoms with Crippen LogP contribution in [0.3, 0.4) is 0 Å². The average molecular weight is 276 g/mol. The molecule has 1 unspecified atom stereocenters. The van der Waals surface area contributed by atoms with Crippen molar-refractivity contribution in [2.75, 3.05) is 19.6 Å². The number of nitrogens with zero attached hydrogens (tertiary/aromatic N) is 1. The van der Waals surface area contributed by atoms with Crippen molar-refractivity contribution in [2.24, 2.45) is 11.1 Å². The fourth-order valence-electron chi connectivity index (χ4n) is 2.58. The van der Waals surface area contributed by atoms with Gasteiger partial charge in [-0.1, -0.05) is 18.2 Å². The van der Waals surface area contributed by atoms with Crippen LogP contribution in [0.25, 0.3) is 0 Å². The van der Waals surface area contributed by atoms with Crippen LogP contribution in [-0.4, -0.2) is 41.5 Å². The summed E-state index contributed by atoms with van der Waals surface area (Å²) < 4.78 is 0. The molecule has 1 aliphatic heterocycles. The standard InChI is InChI=1S/C15H20N2O3/c1-15(14(19)20)7-9-17(10-15)13(18)12-5-3-2-4-11(12)6-8-16/h2-5H,6-10,16H2,1H3,(H,19,20). The van der Waals surface area contributed by atoms with Gasteiger partial charge in [0.15, 0.2) is 0 Å². The molecular weight excluding hydrogens is 256 g/mol. The Morgan fingerprint density at radius 2 is 2.10 bits per heavy atom. The van der Waals surface area contributed by atoms with E-state index < -0.39 is 11.4 Å². The van der Waals surface area contributed by atoms with Crippen LogP contribution < -0.4 is 5.73 Å². The maximum Gasteiger partial charge on any atom is 0.311 e. The number of benzene rings is 1. The quantitative estimate of drug-likeness (QED) is 0.863. The minimum atomic E-state index is -0.844. The Morgan fingerprint density at radius 3 is 2.70 bits per heavy atom. The van der Waals surface area contributed by atoms with E-state index in [1.807, 2.05) is 18.2 Å². The summed E-state index contributed by atoms with van der Waals surface area (Å²) in [5.74, 6) is -0.943. The molecule has 1 heterocycles. The van der Waals surface area contributed by atoms with Gasteiger partial charge < -0.3 is 15.7 Å². The molecule has 5 nitrogen and oxygen atoms in total. The van der Waals surface area contributed by atoms with Gasteiger partial charge in [-0.05, 0) is 37.9 Å². The van der Waals surface area contributed by atoms with Gasteiger partial charge in [-0.15, -0.1) is 0 Å². The zero-order chi connectivity index (χ0) is 14.8. The van der Waals surface area contributed by atoms with E-state index in [2.05, 4.69) is 0 Å². The minimum Gasteiger partial charge on any atom is -0.481 e. The summed E-state index contributed by atoms with van der Waals surface area (Å²) in [5.41, 5.74) is 6.28. The molecule has 0 bridgehead atoms. The van der Waals surface area contributed by atoms with Gasteiger partial charge >= 0.3 is 5.97 Å². The number of carboxylic acid groups (broad SMARTS) is 1. The smallest absolute Gasteiger partial charge is 0.311 e. The molecule has 2 rings (SSSR count). The van der Waals surface area contributed by atoms with Crippen molar-refractivity contribution in [1.29, 1.82) is 0 Å². The van der Waals surface area contributed by atoms with E-state index in [-0.39, 0.29) is 12.5 Å². The lowest BCUT2D eigenvalue weighted by Gasteiger charge is -2.21. The molecule has 0 radical (unpaired) electrons. The summed E-state index contributed by atoms with van der Waals surface area (Å²) in [7, 11) is 0. The second kappa shape index (κ2) is 5.63. The van der Waals surface area contributed by atoms with Crippen molar-refractivity contribution >= 4 is 11.9 Å². The first kappa shape index (κ1) is 14.5. The highest BCUT2D eigenvalue weighted by Gasteiger charge is 2.42.